The molecule has 0 radical (unpaired) electrons. The van der Waals surface area contributed by atoms with Gasteiger partial charge >= 0.3 is 0 Å². The van der Waals surface area contributed by atoms with Crippen molar-refractivity contribution in [1.29, 1.82) is 0 Å². The molecule has 0 saturated heterocycles. The van der Waals surface area contributed by atoms with Gasteiger partial charge in [-0.2, -0.15) is 0 Å². The van der Waals surface area contributed by atoms with Crippen LogP contribution in [-0.4, -0.2) is 44.2 Å². The molecule has 25 heavy (non-hydrogen) atoms. The first-order valence-corrected chi connectivity index (χ1v) is 10.4. The predicted octanol–water partition coefficient (Wildman–Crippen LogP) is 2.40. The van der Waals surface area contributed by atoms with Crippen LogP contribution in [0.25, 0.3) is 0 Å². The van der Waals surface area contributed by atoms with Crippen LogP contribution in [-0.2, 0) is 30.0 Å². The monoisotopic (exact) mass is 426 g/mol. The maximum absolute atomic E-state index is 11.5. The highest BCUT2D eigenvalue weighted by Crippen LogP contribution is 2.15. The summed E-state index contributed by atoms with van der Waals surface area (Å²) in [6.07, 6.45) is 3.22. The van der Waals surface area contributed by atoms with E-state index in [2.05, 4.69) is 36.9 Å². The number of rotatable bonds is 5. The van der Waals surface area contributed by atoms with Crippen LogP contribution in [0.15, 0.2) is 50.9 Å². The Labute approximate surface area is 157 Å². The van der Waals surface area contributed by atoms with Gasteiger partial charge in [0.1, 0.15) is 0 Å². The first kappa shape index (κ1) is 19.5. The Morgan fingerprint density at radius 3 is 2.44 bits per heavy atom. The Morgan fingerprint density at radius 2 is 1.96 bits per heavy atom. The molecule has 1 aromatic carbocycles. The molecule has 1 heterocycles. The number of sulfone groups is 1. The van der Waals surface area contributed by atoms with E-state index in [-0.39, 0.29) is 0 Å². The molecule has 0 spiro atoms. The van der Waals surface area contributed by atoms with Crippen LogP contribution < -0.4 is 5.32 Å². The van der Waals surface area contributed by atoms with Crippen molar-refractivity contribution in [2.45, 2.75) is 18.0 Å². The molecule has 0 fully saturated rings. The third-order valence-corrected chi connectivity index (χ3v) is 5.41. The second-order valence-electron chi connectivity index (χ2n) is 5.93. The zero-order chi connectivity index (χ0) is 18.6. The predicted molar refractivity (Wildman–Crippen MR) is 104 cm³/mol. The van der Waals surface area contributed by atoms with Gasteiger partial charge in [-0.25, -0.2) is 8.42 Å². The van der Waals surface area contributed by atoms with E-state index in [0.29, 0.717) is 11.4 Å². The van der Waals surface area contributed by atoms with Gasteiger partial charge in [-0.1, -0.05) is 12.1 Å². The van der Waals surface area contributed by atoms with E-state index < -0.39 is 9.84 Å². The normalized spacial score (nSPS) is 12.3. The smallest absolute Gasteiger partial charge is 0.194 e. The van der Waals surface area contributed by atoms with E-state index in [1.165, 1.54) is 6.26 Å². The van der Waals surface area contributed by atoms with Crippen molar-refractivity contribution in [2.24, 2.45) is 12.0 Å². The second-order valence-corrected chi connectivity index (χ2v) is 8.86. The van der Waals surface area contributed by atoms with E-state index in [1.807, 2.05) is 37.3 Å². The number of nitrogens with zero attached hydrogens (tertiary/aromatic N) is 3. The third kappa shape index (κ3) is 5.34. The van der Waals surface area contributed by atoms with Gasteiger partial charge in [0.25, 0.3) is 0 Å². The first-order valence-electron chi connectivity index (χ1n) is 7.72. The van der Waals surface area contributed by atoms with Gasteiger partial charge < -0.3 is 14.8 Å². The molecule has 0 amide bonds. The van der Waals surface area contributed by atoms with Crippen molar-refractivity contribution in [3.63, 3.8) is 0 Å². The lowest BCUT2D eigenvalue weighted by molar-refractivity contribution is 0.461. The number of aliphatic imine (C=N–C) groups is 1. The molecule has 1 N–H and O–H groups in total. The zero-order valence-corrected chi connectivity index (χ0v) is 17.2. The fraction of sp³-hybridized carbons (Fsp3) is 0.353. The van der Waals surface area contributed by atoms with E-state index >= 15 is 0 Å². The van der Waals surface area contributed by atoms with Crippen LogP contribution in [0.2, 0.25) is 0 Å². The summed E-state index contributed by atoms with van der Waals surface area (Å²) >= 11 is 3.48. The van der Waals surface area contributed by atoms with Crippen molar-refractivity contribution < 1.29 is 8.42 Å². The van der Waals surface area contributed by atoms with Gasteiger partial charge in [-0.05, 0) is 39.7 Å². The number of aryl methyl sites for hydroxylation is 1. The minimum Gasteiger partial charge on any atom is -0.352 e. The molecule has 0 bridgehead atoms. The number of benzene rings is 1. The molecule has 0 aliphatic carbocycles. The second kappa shape index (κ2) is 8.05. The SMILES string of the molecule is CN=C(NCc1ccc(S(C)(=O)=O)cc1)N(C)Cc1cc(Br)cn1C. The van der Waals surface area contributed by atoms with Gasteiger partial charge in [-0.15, -0.1) is 0 Å². The summed E-state index contributed by atoms with van der Waals surface area (Å²) < 4.78 is 26.1. The molecule has 0 unspecified atom stereocenters. The van der Waals surface area contributed by atoms with Gasteiger partial charge in [-0.3, -0.25) is 4.99 Å². The van der Waals surface area contributed by atoms with Crippen LogP contribution in [0.1, 0.15) is 11.3 Å². The van der Waals surface area contributed by atoms with Crippen LogP contribution in [0.3, 0.4) is 0 Å². The Morgan fingerprint density at radius 1 is 1.32 bits per heavy atom. The average Bonchev–Trinajstić information content (AvgIpc) is 2.85. The molecule has 0 aliphatic heterocycles. The number of hydrogen-bond donors (Lipinski definition) is 1. The summed E-state index contributed by atoms with van der Waals surface area (Å²) in [4.78, 5) is 6.67. The number of guanidine groups is 1. The van der Waals surface area contributed by atoms with Crippen LogP contribution in [0.5, 0.6) is 0 Å². The summed E-state index contributed by atoms with van der Waals surface area (Å²) in [5.74, 6) is 0.768. The quantitative estimate of drug-likeness (QED) is 0.588. The topological polar surface area (TPSA) is 66.7 Å². The summed E-state index contributed by atoms with van der Waals surface area (Å²) in [6.45, 7) is 1.28. The summed E-state index contributed by atoms with van der Waals surface area (Å²) in [6, 6.07) is 8.95. The van der Waals surface area contributed by atoms with E-state index in [1.54, 1.807) is 19.2 Å². The highest BCUT2D eigenvalue weighted by atomic mass is 79.9. The fourth-order valence-corrected chi connectivity index (χ4v) is 3.66. The Kier molecular flexibility index (Phi) is 6.29. The summed E-state index contributed by atoms with van der Waals surface area (Å²) in [5.41, 5.74) is 2.15. The highest BCUT2D eigenvalue weighted by Gasteiger charge is 2.10. The van der Waals surface area contributed by atoms with Crippen molar-refractivity contribution in [2.75, 3.05) is 20.4 Å². The summed E-state index contributed by atoms with van der Waals surface area (Å²) in [5, 5.41) is 3.30. The van der Waals surface area contributed by atoms with Crippen LogP contribution in [0, 0.1) is 0 Å². The standard InChI is InChI=1S/C17H23BrN4O2S/c1-19-17(22(3)12-15-9-14(18)11-21(15)2)20-10-13-5-7-16(8-6-13)25(4,23)24/h5-9,11H,10,12H2,1-4H3,(H,19,20). The van der Waals surface area contributed by atoms with Crippen molar-refractivity contribution >= 4 is 31.7 Å². The van der Waals surface area contributed by atoms with Gasteiger partial charge in [0, 0.05) is 50.3 Å². The lowest BCUT2D eigenvalue weighted by atomic mass is 10.2. The zero-order valence-electron chi connectivity index (χ0n) is 14.8. The lowest BCUT2D eigenvalue weighted by Crippen LogP contribution is -2.38. The molecule has 6 nitrogen and oxygen atoms in total. The minimum absolute atomic E-state index is 0.326. The van der Waals surface area contributed by atoms with Gasteiger partial charge in [0.2, 0.25) is 0 Å². The van der Waals surface area contributed by atoms with Gasteiger partial charge in [0.05, 0.1) is 11.4 Å². The number of aromatic nitrogens is 1. The van der Waals surface area contributed by atoms with Crippen LogP contribution in [0.4, 0.5) is 0 Å². The molecule has 8 heteroatoms. The number of hydrogen-bond acceptors (Lipinski definition) is 3. The lowest BCUT2D eigenvalue weighted by Gasteiger charge is -2.22. The third-order valence-electron chi connectivity index (χ3n) is 3.85. The maximum Gasteiger partial charge on any atom is 0.194 e. The molecule has 0 saturated carbocycles. The average molecular weight is 427 g/mol. The van der Waals surface area contributed by atoms with Gasteiger partial charge in [0.15, 0.2) is 15.8 Å². The van der Waals surface area contributed by atoms with Crippen molar-refractivity contribution in [3.05, 3.63) is 52.3 Å². The van der Waals surface area contributed by atoms with E-state index in [0.717, 1.165) is 28.2 Å². The molecule has 136 valence electrons. The fourth-order valence-electron chi connectivity index (χ4n) is 2.46. The molecular weight excluding hydrogens is 404 g/mol. The summed E-state index contributed by atoms with van der Waals surface area (Å²) in [7, 11) is 2.56. The minimum atomic E-state index is -3.16. The Balaban J connectivity index is 1.99. The Hall–Kier alpha value is -1.80. The van der Waals surface area contributed by atoms with Crippen LogP contribution >= 0.6 is 15.9 Å². The number of halogens is 1. The number of nitrogens with one attached hydrogen (secondary N) is 1. The van der Waals surface area contributed by atoms with Crippen molar-refractivity contribution in [1.82, 2.24) is 14.8 Å². The van der Waals surface area contributed by atoms with E-state index in [9.17, 15) is 8.42 Å². The molecule has 1 aromatic heterocycles. The largest absolute Gasteiger partial charge is 0.352 e. The first-order chi connectivity index (χ1) is 11.7. The maximum atomic E-state index is 11.5. The van der Waals surface area contributed by atoms with E-state index in [4.69, 9.17) is 0 Å². The molecule has 0 atom stereocenters. The molecule has 2 rings (SSSR count). The highest BCUT2D eigenvalue weighted by molar-refractivity contribution is 9.10. The Bertz CT molecular complexity index is 857. The molecule has 2 aromatic rings. The van der Waals surface area contributed by atoms with Crippen molar-refractivity contribution in [3.8, 4) is 0 Å². The molecule has 0 aliphatic rings. The molecular formula is C17H23BrN4O2S.